The first kappa shape index (κ1) is 12.8. The van der Waals surface area contributed by atoms with E-state index in [-0.39, 0.29) is 11.9 Å². The zero-order valence-electron chi connectivity index (χ0n) is 11.6. The van der Waals surface area contributed by atoms with Crippen molar-refractivity contribution in [2.24, 2.45) is 0 Å². The summed E-state index contributed by atoms with van der Waals surface area (Å²) in [5, 5.41) is 0.863. The Balaban J connectivity index is 1.96. The van der Waals surface area contributed by atoms with Gasteiger partial charge in [0.1, 0.15) is 5.82 Å². The van der Waals surface area contributed by atoms with E-state index in [9.17, 15) is 4.39 Å². The van der Waals surface area contributed by atoms with Gasteiger partial charge in [0.15, 0.2) is 0 Å². The number of halogens is 1. The number of aromatic amines is 1. The molecule has 0 saturated carbocycles. The fourth-order valence-electron chi connectivity index (χ4n) is 2.81. The summed E-state index contributed by atoms with van der Waals surface area (Å²) in [5.74, 6) is -0.246. The van der Waals surface area contributed by atoms with E-state index in [2.05, 4.69) is 15.0 Å². The summed E-state index contributed by atoms with van der Waals surface area (Å²) >= 11 is 0. The van der Waals surface area contributed by atoms with Crippen molar-refractivity contribution < 1.29 is 4.39 Å². The molecule has 0 radical (unpaired) electrons. The van der Waals surface area contributed by atoms with Gasteiger partial charge < -0.3 is 9.55 Å². The first-order chi connectivity index (χ1) is 10.8. The molecule has 1 N–H and O–H groups in total. The topological polar surface area (TPSA) is 46.5 Å². The first-order valence-electron chi connectivity index (χ1n) is 6.97. The third-order valence-electron chi connectivity index (χ3n) is 3.79. The van der Waals surface area contributed by atoms with Crippen molar-refractivity contribution in [2.45, 2.75) is 6.04 Å². The molecular weight excluding hydrogens is 279 g/mol. The van der Waals surface area contributed by atoms with Gasteiger partial charge in [0.2, 0.25) is 0 Å². The summed E-state index contributed by atoms with van der Waals surface area (Å²) < 4.78 is 15.6. The molecular formula is C17H13FN4. The van der Waals surface area contributed by atoms with Crippen LogP contribution in [0.2, 0.25) is 0 Å². The van der Waals surface area contributed by atoms with Crippen LogP contribution in [0.25, 0.3) is 10.9 Å². The Hall–Kier alpha value is -2.95. The van der Waals surface area contributed by atoms with E-state index in [1.807, 2.05) is 35.3 Å². The number of hydrogen-bond donors (Lipinski definition) is 1. The molecule has 0 bridgehead atoms. The van der Waals surface area contributed by atoms with Crippen molar-refractivity contribution in [3.63, 3.8) is 0 Å². The minimum Gasteiger partial charge on any atom is -0.361 e. The number of benzene rings is 1. The van der Waals surface area contributed by atoms with Gasteiger partial charge in [0.25, 0.3) is 0 Å². The molecule has 1 unspecified atom stereocenters. The number of rotatable bonds is 3. The quantitative estimate of drug-likeness (QED) is 0.628. The summed E-state index contributed by atoms with van der Waals surface area (Å²) in [6, 6.07) is 8.57. The Bertz CT molecular complexity index is 897. The number of H-pyrrole nitrogens is 1. The molecule has 1 atom stereocenters. The van der Waals surface area contributed by atoms with Crippen molar-refractivity contribution in [3.8, 4) is 0 Å². The molecule has 0 aliphatic carbocycles. The second-order valence-corrected chi connectivity index (χ2v) is 5.13. The monoisotopic (exact) mass is 292 g/mol. The van der Waals surface area contributed by atoms with Gasteiger partial charge in [-0.3, -0.25) is 4.98 Å². The third kappa shape index (κ3) is 2.07. The molecule has 0 saturated heterocycles. The molecule has 3 heterocycles. The molecule has 0 spiro atoms. The Labute approximate surface area is 126 Å². The van der Waals surface area contributed by atoms with Gasteiger partial charge in [-0.25, -0.2) is 9.37 Å². The number of hydrogen-bond acceptors (Lipinski definition) is 2. The lowest BCUT2D eigenvalue weighted by atomic mass is 9.99. The predicted octanol–water partition coefficient (Wildman–Crippen LogP) is 3.54. The standard InChI is InChI=1S/C17H13FN4/c18-13-3-4-16-14(8-13)15(10-21-16)17(22-7-6-20-11-22)12-2-1-5-19-9-12/h1-11,17,21H. The van der Waals surface area contributed by atoms with Crippen LogP contribution in [0.5, 0.6) is 0 Å². The summed E-state index contributed by atoms with van der Waals surface area (Å²) in [6.07, 6.45) is 10.9. The van der Waals surface area contributed by atoms with Gasteiger partial charge in [-0.1, -0.05) is 6.07 Å². The Morgan fingerprint density at radius 3 is 2.86 bits per heavy atom. The van der Waals surface area contributed by atoms with Gasteiger partial charge in [-0.05, 0) is 29.8 Å². The van der Waals surface area contributed by atoms with E-state index in [0.29, 0.717) is 0 Å². The summed E-state index contributed by atoms with van der Waals surface area (Å²) in [4.78, 5) is 11.5. The van der Waals surface area contributed by atoms with Crippen LogP contribution in [0.1, 0.15) is 17.2 Å². The maximum absolute atomic E-state index is 13.7. The zero-order valence-corrected chi connectivity index (χ0v) is 11.6. The molecule has 0 fully saturated rings. The summed E-state index contributed by atoms with van der Waals surface area (Å²) in [5.41, 5.74) is 2.91. The lowest BCUT2D eigenvalue weighted by Crippen LogP contribution is -2.10. The summed E-state index contributed by atoms with van der Waals surface area (Å²) in [7, 11) is 0. The van der Waals surface area contributed by atoms with Crippen LogP contribution >= 0.6 is 0 Å². The van der Waals surface area contributed by atoms with Crippen LogP contribution < -0.4 is 0 Å². The van der Waals surface area contributed by atoms with Crippen LogP contribution in [0, 0.1) is 5.82 Å². The molecule has 22 heavy (non-hydrogen) atoms. The van der Waals surface area contributed by atoms with Crippen LogP contribution in [-0.4, -0.2) is 19.5 Å². The fraction of sp³-hybridized carbons (Fsp3) is 0.0588. The average molecular weight is 292 g/mol. The summed E-state index contributed by atoms with van der Waals surface area (Å²) in [6.45, 7) is 0. The van der Waals surface area contributed by atoms with Gasteiger partial charge in [-0.15, -0.1) is 0 Å². The predicted molar refractivity (Wildman–Crippen MR) is 82.0 cm³/mol. The highest BCUT2D eigenvalue weighted by molar-refractivity contribution is 5.84. The van der Waals surface area contributed by atoms with Crippen molar-refractivity contribution in [3.05, 3.63) is 84.6 Å². The number of aromatic nitrogens is 4. The van der Waals surface area contributed by atoms with Crippen molar-refractivity contribution in [2.75, 3.05) is 0 Å². The van der Waals surface area contributed by atoms with Crippen molar-refractivity contribution in [1.82, 2.24) is 19.5 Å². The van der Waals surface area contributed by atoms with Gasteiger partial charge >= 0.3 is 0 Å². The number of nitrogens with one attached hydrogen (secondary N) is 1. The molecule has 1 aromatic carbocycles. The minimum atomic E-state index is -0.246. The zero-order chi connectivity index (χ0) is 14.9. The fourth-order valence-corrected chi connectivity index (χ4v) is 2.81. The van der Waals surface area contributed by atoms with Gasteiger partial charge in [0, 0.05) is 47.5 Å². The first-order valence-corrected chi connectivity index (χ1v) is 6.97. The molecule has 108 valence electrons. The van der Waals surface area contributed by atoms with E-state index >= 15 is 0 Å². The number of fused-ring (bicyclic) bond motifs is 1. The van der Waals surface area contributed by atoms with E-state index in [1.165, 1.54) is 6.07 Å². The lowest BCUT2D eigenvalue weighted by Gasteiger charge is -2.18. The van der Waals surface area contributed by atoms with Crippen LogP contribution in [0.4, 0.5) is 4.39 Å². The molecule has 0 aliphatic heterocycles. The van der Waals surface area contributed by atoms with Crippen molar-refractivity contribution >= 4 is 10.9 Å². The smallest absolute Gasteiger partial charge is 0.123 e. The van der Waals surface area contributed by atoms with Crippen molar-refractivity contribution in [1.29, 1.82) is 0 Å². The third-order valence-corrected chi connectivity index (χ3v) is 3.79. The molecule has 0 aliphatic rings. The van der Waals surface area contributed by atoms with E-state index in [0.717, 1.165) is 22.0 Å². The van der Waals surface area contributed by atoms with Gasteiger partial charge in [-0.2, -0.15) is 0 Å². The number of imidazole rings is 1. The maximum atomic E-state index is 13.7. The molecule has 0 amide bonds. The van der Waals surface area contributed by atoms with Crippen LogP contribution in [-0.2, 0) is 0 Å². The normalized spacial score (nSPS) is 12.6. The van der Waals surface area contributed by atoms with E-state index in [4.69, 9.17) is 0 Å². The molecule has 3 aromatic heterocycles. The molecule has 4 nitrogen and oxygen atoms in total. The highest BCUT2D eigenvalue weighted by Crippen LogP contribution is 2.32. The maximum Gasteiger partial charge on any atom is 0.123 e. The Kier molecular flexibility index (Phi) is 2.96. The largest absolute Gasteiger partial charge is 0.361 e. The van der Waals surface area contributed by atoms with Gasteiger partial charge in [0.05, 0.1) is 12.4 Å². The van der Waals surface area contributed by atoms with E-state index < -0.39 is 0 Å². The van der Waals surface area contributed by atoms with Crippen LogP contribution in [0.15, 0.2) is 67.6 Å². The number of pyridine rings is 1. The lowest BCUT2D eigenvalue weighted by molar-refractivity contribution is 0.629. The molecule has 4 aromatic rings. The SMILES string of the molecule is Fc1ccc2[nH]cc(C(c3cccnc3)n3ccnc3)c2c1. The highest BCUT2D eigenvalue weighted by atomic mass is 19.1. The average Bonchev–Trinajstić information content (AvgIpc) is 3.20. The number of nitrogens with zero attached hydrogens (tertiary/aromatic N) is 3. The molecule has 5 heteroatoms. The second-order valence-electron chi connectivity index (χ2n) is 5.13. The van der Waals surface area contributed by atoms with E-state index in [1.54, 1.807) is 30.9 Å². The van der Waals surface area contributed by atoms with Crippen LogP contribution in [0.3, 0.4) is 0 Å². The Morgan fingerprint density at radius 2 is 2.09 bits per heavy atom. The Morgan fingerprint density at radius 1 is 1.14 bits per heavy atom. The highest BCUT2D eigenvalue weighted by Gasteiger charge is 2.20. The molecule has 4 rings (SSSR count). The minimum absolute atomic E-state index is 0.105. The second kappa shape index (κ2) is 5.11.